The van der Waals surface area contributed by atoms with Crippen LogP contribution < -0.4 is 0 Å². The number of rotatable bonds is 0. The topological polar surface area (TPSA) is 0 Å². The molecule has 0 unspecified atom stereocenters. The first kappa shape index (κ1) is 25.3. The van der Waals surface area contributed by atoms with Crippen LogP contribution in [0.4, 0.5) is 4.39 Å². The van der Waals surface area contributed by atoms with Crippen LogP contribution in [0.1, 0.15) is 58.2 Å². The van der Waals surface area contributed by atoms with Crippen LogP contribution in [-0.2, 0) is 0 Å². The van der Waals surface area contributed by atoms with Gasteiger partial charge in [0.25, 0.3) is 0 Å². The van der Waals surface area contributed by atoms with E-state index < -0.39 is 0 Å². The molecule has 0 spiro atoms. The van der Waals surface area contributed by atoms with Gasteiger partial charge in [-0.15, -0.1) is 0 Å². The van der Waals surface area contributed by atoms with E-state index in [9.17, 15) is 4.39 Å². The third kappa shape index (κ3) is 16.4. The fourth-order valence-electron chi connectivity index (χ4n) is 1.34. The first-order valence-corrected chi connectivity index (χ1v) is 8.33. The van der Waals surface area contributed by atoms with Gasteiger partial charge in [-0.1, -0.05) is 94.6 Å². The largest absolute Gasteiger partial charge is 0.207 e. The van der Waals surface area contributed by atoms with Gasteiger partial charge in [-0.2, -0.15) is 0 Å². The third-order valence-electron chi connectivity index (χ3n) is 2.18. The Labute approximate surface area is 138 Å². The Morgan fingerprint density at radius 3 is 1.14 bits per heavy atom. The predicted molar refractivity (Wildman–Crippen MR) is 101 cm³/mol. The van der Waals surface area contributed by atoms with Gasteiger partial charge in [-0.3, -0.25) is 0 Å². The van der Waals surface area contributed by atoms with Crippen LogP contribution in [0.25, 0.3) is 0 Å². The van der Waals surface area contributed by atoms with Crippen molar-refractivity contribution in [3.8, 4) is 0 Å². The Kier molecular flexibility index (Phi) is 22.3. The average Bonchev–Trinajstić information content (AvgIpc) is 2.56. The van der Waals surface area contributed by atoms with E-state index in [0.717, 1.165) is 5.56 Å². The molecule has 0 aliphatic rings. The predicted octanol–water partition coefficient (Wildman–Crippen LogP) is 7.52. The highest BCUT2D eigenvalue weighted by atomic mass is 19.1. The van der Waals surface area contributed by atoms with Crippen LogP contribution in [-0.4, -0.2) is 0 Å². The summed E-state index contributed by atoms with van der Waals surface area (Å²) in [7, 11) is 0. The summed E-state index contributed by atoms with van der Waals surface area (Å²) >= 11 is 0. The Balaban J connectivity index is -0.000000246. The van der Waals surface area contributed by atoms with Crippen molar-refractivity contribution in [2.24, 2.45) is 0 Å². The third-order valence-corrected chi connectivity index (χ3v) is 2.18. The molecule has 0 nitrogen and oxygen atoms in total. The van der Waals surface area contributed by atoms with Crippen LogP contribution in [0.15, 0.2) is 48.5 Å². The Morgan fingerprint density at radius 1 is 0.545 bits per heavy atom. The van der Waals surface area contributed by atoms with Crippen LogP contribution in [0.3, 0.4) is 0 Å². The lowest BCUT2D eigenvalue weighted by atomic mass is 10.2. The maximum Gasteiger partial charge on any atom is 0.123 e. The lowest BCUT2D eigenvalue weighted by Crippen LogP contribution is -1.71. The second kappa shape index (κ2) is 19.4. The number of hydrogen-bond donors (Lipinski definition) is 0. The van der Waals surface area contributed by atoms with Gasteiger partial charge in [-0.05, 0) is 32.9 Å². The second-order valence-electron chi connectivity index (χ2n) is 3.95. The number of aryl methyl sites for hydroxylation is 3. The van der Waals surface area contributed by atoms with E-state index in [2.05, 4.69) is 38.1 Å². The Bertz CT molecular complexity index is 392. The summed E-state index contributed by atoms with van der Waals surface area (Å²) < 4.78 is 12.1. The van der Waals surface area contributed by atoms with E-state index in [0.29, 0.717) is 0 Å². The minimum atomic E-state index is -0.171. The number of benzene rings is 2. The molecule has 0 saturated carbocycles. The molecule has 0 saturated heterocycles. The average molecular weight is 307 g/mol. The monoisotopic (exact) mass is 306 g/mol. The van der Waals surface area contributed by atoms with E-state index in [1.807, 2.05) is 48.5 Å². The zero-order valence-corrected chi connectivity index (χ0v) is 16.0. The molecule has 2 aromatic rings. The zero-order valence-electron chi connectivity index (χ0n) is 16.0. The van der Waals surface area contributed by atoms with Crippen molar-refractivity contribution >= 4 is 0 Å². The molecule has 0 atom stereocenters. The quantitative estimate of drug-likeness (QED) is 0.472. The molecule has 0 heterocycles. The van der Waals surface area contributed by atoms with Gasteiger partial charge in [0.15, 0.2) is 0 Å². The second-order valence-corrected chi connectivity index (χ2v) is 3.95. The van der Waals surface area contributed by atoms with Crippen molar-refractivity contribution in [2.75, 3.05) is 0 Å². The van der Waals surface area contributed by atoms with Crippen molar-refractivity contribution in [2.45, 2.75) is 62.3 Å². The van der Waals surface area contributed by atoms with E-state index >= 15 is 0 Å². The van der Waals surface area contributed by atoms with E-state index in [1.54, 1.807) is 12.1 Å². The molecular weight excluding hydrogens is 271 g/mol. The molecule has 0 radical (unpaired) electrons. The summed E-state index contributed by atoms with van der Waals surface area (Å²) in [5, 5.41) is 0. The molecule has 0 aliphatic heterocycles. The van der Waals surface area contributed by atoms with Crippen molar-refractivity contribution in [1.29, 1.82) is 0 Å². The molecule has 0 aliphatic carbocycles. The van der Waals surface area contributed by atoms with Gasteiger partial charge >= 0.3 is 0 Å². The summed E-state index contributed by atoms with van der Waals surface area (Å²) in [5.41, 5.74) is 3.77. The van der Waals surface area contributed by atoms with Gasteiger partial charge in [0.2, 0.25) is 0 Å². The van der Waals surface area contributed by atoms with Gasteiger partial charge in [0.1, 0.15) is 5.82 Å². The lowest BCUT2D eigenvalue weighted by molar-refractivity contribution is 0.627. The van der Waals surface area contributed by atoms with Gasteiger partial charge in [0.05, 0.1) is 0 Å². The molecule has 0 amide bonds. The molecule has 2 rings (SSSR count). The van der Waals surface area contributed by atoms with Crippen molar-refractivity contribution < 1.29 is 4.39 Å². The molecular formula is C21H35F. The first-order valence-electron chi connectivity index (χ1n) is 8.33. The van der Waals surface area contributed by atoms with Gasteiger partial charge < -0.3 is 0 Å². The van der Waals surface area contributed by atoms with Crippen molar-refractivity contribution in [1.82, 2.24) is 0 Å². The van der Waals surface area contributed by atoms with E-state index in [-0.39, 0.29) is 5.82 Å². The fourth-order valence-corrected chi connectivity index (χ4v) is 1.34. The summed E-state index contributed by atoms with van der Waals surface area (Å²) in [6.07, 6.45) is 0. The maximum absolute atomic E-state index is 12.1. The fraction of sp³-hybridized carbons (Fsp3) is 0.429. The standard InChI is InChI=1S/C8H10.C7H7F.3C2H6/c1-7-4-3-5-8(2)6-7;1-6-2-4-7(8)5-3-6;3*1-2/h3-6H,1-2H3;2-5H,1H3;3*1-2H3. The Hall–Kier alpha value is -1.63. The number of hydrogen-bond acceptors (Lipinski definition) is 0. The molecule has 126 valence electrons. The molecule has 22 heavy (non-hydrogen) atoms. The van der Waals surface area contributed by atoms with Crippen molar-refractivity contribution in [3.05, 3.63) is 71.0 Å². The van der Waals surface area contributed by atoms with Crippen LogP contribution in [0.5, 0.6) is 0 Å². The maximum atomic E-state index is 12.1. The highest BCUT2D eigenvalue weighted by Crippen LogP contribution is 2.00. The minimum Gasteiger partial charge on any atom is -0.207 e. The van der Waals surface area contributed by atoms with Crippen LogP contribution in [0, 0.1) is 26.6 Å². The highest BCUT2D eigenvalue weighted by molar-refractivity contribution is 5.20. The molecule has 0 N–H and O–H groups in total. The van der Waals surface area contributed by atoms with Gasteiger partial charge in [-0.25, -0.2) is 4.39 Å². The first-order chi connectivity index (χ1) is 10.6. The molecule has 0 fully saturated rings. The zero-order chi connectivity index (χ0) is 18.0. The summed E-state index contributed by atoms with van der Waals surface area (Å²) in [6, 6.07) is 14.8. The number of halogens is 1. The van der Waals surface area contributed by atoms with E-state index in [4.69, 9.17) is 0 Å². The summed E-state index contributed by atoms with van der Waals surface area (Å²) in [5.74, 6) is -0.171. The highest BCUT2D eigenvalue weighted by Gasteiger charge is 1.83. The van der Waals surface area contributed by atoms with Gasteiger partial charge in [0, 0.05) is 0 Å². The van der Waals surface area contributed by atoms with Crippen molar-refractivity contribution in [3.63, 3.8) is 0 Å². The normalized spacial score (nSPS) is 7.55. The lowest BCUT2D eigenvalue weighted by Gasteiger charge is -1.90. The molecule has 1 heteroatoms. The summed E-state index contributed by atoms with van der Waals surface area (Å²) in [6.45, 7) is 18.1. The minimum absolute atomic E-state index is 0.171. The van der Waals surface area contributed by atoms with Crippen LogP contribution in [0.2, 0.25) is 0 Å². The smallest absolute Gasteiger partial charge is 0.123 e. The SMILES string of the molecule is CC.CC.CC.Cc1ccc(F)cc1.Cc1cccc(C)c1. The van der Waals surface area contributed by atoms with E-state index in [1.165, 1.54) is 23.3 Å². The molecule has 2 aromatic carbocycles. The molecule has 0 bridgehead atoms. The molecule has 0 aromatic heterocycles. The summed E-state index contributed by atoms with van der Waals surface area (Å²) in [4.78, 5) is 0. The van der Waals surface area contributed by atoms with Crippen LogP contribution >= 0.6 is 0 Å². The Morgan fingerprint density at radius 2 is 0.909 bits per heavy atom.